The van der Waals surface area contributed by atoms with Crippen LogP contribution in [-0.2, 0) is 0 Å². The first kappa shape index (κ1) is 17.1. The molecule has 1 aliphatic rings. The molecule has 5 nitrogen and oxygen atoms in total. The van der Waals surface area contributed by atoms with Gasteiger partial charge in [0.15, 0.2) is 0 Å². The first-order chi connectivity index (χ1) is 12.5. The molecule has 1 aromatic carbocycles. The van der Waals surface area contributed by atoms with E-state index in [4.69, 9.17) is 27.9 Å². The monoisotopic (exact) mass is 387 g/mol. The van der Waals surface area contributed by atoms with E-state index in [9.17, 15) is 4.79 Å². The number of allylic oxidation sites excluding steroid dienone is 1. The smallest absolute Gasteiger partial charge is 0.281 e. The van der Waals surface area contributed by atoms with E-state index in [1.165, 1.54) is 16.4 Å². The van der Waals surface area contributed by atoms with Gasteiger partial charge in [0.2, 0.25) is 5.88 Å². The minimum absolute atomic E-state index is 0.0403. The van der Waals surface area contributed by atoms with Crippen LogP contribution in [0.15, 0.2) is 53.1 Å². The molecule has 3 aromatic rings. The Balaban J connectivity index is 1.80. The van der Waals surface area contributed by atoms with Crippen LogP contribution in [0.2, 0.25) is 10.0 Å². The molecule has 0 bridgehead atoms. The maximum absolute atomic E-state index is 12.4. The molecule has 0 N–H and O–H groups in total. The summed E-state index contributed by atoms with van der Waals surface area (Å²) in [5.74, 6) is 0.484. The first-order valence-electron chi connectivity index (χ1n) is 8.20. The van der Waals surface area contributed by atoms with Gasteiger partial charge in [0, 0.05) is 16.1 Å². The molecule has 1 atom stereocenters. The van der Waals surface area contributed by atoms with Gasteiger partial charge >= 0.3 is 0 Å². The Bertz CT molecular complexity index is 1070. The number of benzene rings is 1. The molecule has 7 heteroatoms. The molecule has 0 spiro atoms. The molecule has 0 aliphatic heterocycles. The largest absolute Gasteiger partial charge is 0.469 e. The lowest BCUT2D eigenvalue weighted by atomic mass is 10.1. The fourth-order valence-corrected chi connectivity index (χ4v) is 3.66. The molecule has 132 valence electrons. The number of hydrogen-bond donors (Lipinski definition) is 0. The van der Waals surface area contributed by atoms with Crippen LogP contribution >= 0.6 is 23.2 Å². The van der Waals surface area contributed by atoms with Gasteiger partial charge in [0.25, 0.3) is 5.56 Å². The van der Waals surface area contributed by atoms with Crippen molar-refractivity contribution in [3.05, 3.63) is 68.7 Å². The van der Waals surface area contributed by atoms with Crippen molar-refractivity contribution in [2.75, 3.05) is 0 Å². The van der Waals surface area contributed by atoms with E-state index in [1.54, 1.807) is 30.3 Å². The quantitative estimate of drug-likeness (QED) is 0.618. The topological polar surface area (TPSA) is 56.5 Å². The standard InChI is InChI=1S/C19H15Cl2N3O2/c1-11-3-2-4-16(11)26-17-6-5-15-18(19(25)22-10-24(15)23-17)12-7-13(20)9-14(21)8-12/h3,5-10,16H,2,4H2,1H3. The van der Waals surface area contributed by atoms with Crippen molar-refractivity contribution in [1.82, 2.24) is 14.6 Å². The van der Waals surface area contributed by atoms with Crippen molar-refractivity contribution < 1.29 is 4.74 Å². The number of hydrogen-bond acceptors (Lipinski definition) is 4. The lowest BCUT2D eigenvalue weighted by molar-refractivity contribution is 0.225. The molecule has 0 radical (unpaired) electrons. The Kier molecular flexibility index (Phi) is 4.42. The third-order valence-corrected chi connectivity index (χ3v) is 4.84. The third kappa shape index (κ3) is 3.20. The van der Waals surface area contributed by atoms with Crippen molar-refractivity contribution >= 4 is 28.7 Å². The zero-order valence-electron chi connectivity index (χ0n) is 13.9. The molecule has 1 unspecified atom stereocenters. The minimum Gasteiger partial charge on any atom is -0.469 e. The van der Waals surface area contributed by atoms with Gasteiger partial charge in [0.05, 0.1) is 11.1 Å². The van der Waals surface area contributed by atoms with Crippen LogP contribution in [0.5, 0.6) is 5.88 Å². The highest BCUT2D eigenvalue weighted by Gasteiger charge is 2.19. The maximum Gasteiger partial charge on any atom is 0.281 e. The molecule has 2 heterocycles. The fourth-order valence-electron chi connectivity index (χ4n) is 3.14. The third-order valence-electron chi connectivity index (χ3n) is 4.41. The van der Waals surface area contributed by atoms with Crippen molar-refractivity contribution in [3.63, 3.8) is 0 Å². The Morgan fingerprint density at radius 2 is 1.96 bits per heavy atom. The fraction of sp³-hybridized carbons (Fsp3) is 0.211. The lowest BCUT2D eigenvalue weighted by Gasteiger charge is -2.15. The van der Waals surface area contributed by atoms with E-state index in [0.717, 1.165) is 12.8 Å². The van der Waals surface area contributed by atoms with E-state index >= 15 is 0 Å². The van der Waals surface area contributed by atoms with Crippen molar-refractivity contribution in [2.24, 2.45) is 0 Å². The summed E-state index contributed by atoms with van der Waals surface area (Å²) in [5, 5.41) is 5.34. The molecule has 2 aromatic heterocycles. The van der Waals surface area contributed by atoms with E-state index in [1.807, 2.05) is 0 Å². The van der Waals surface area contributed by atoms with Crippen LogP contribution in [0.3, 0.4) is 0 Å². The van der Waals surface area contributed by atoms with Crippen LogP contribution in [0, 0.1) is 0 Å². The van der Waals surface area contributed by atoms with Crippen LogP contribution in [0.1, 0.15) is 19.8 Å². The Hall–Kier alpha value is -2.37. The molecule has 0 fully saturated rings. The molecule has 0 saturated carbocycles. The van der Waals surface area contributed by atoms with Crippen molar-refractivity contribution in [3.8, 4) is 17.0 Å². The van der Waals surface area contributed by atoms with Crippen LogP contribution in [0.25, 0.3) is 16.6 Å². The second-order valence-electron chi connectivity index (χ2n) is 6.22. The maximum atomic E-state index is 12.4. The van der Waals surface area contributed by atoms with E-state index in [0.29, 0.717) is 32.6 Å². The van der Waals surface area contributed by atoms with Gasteiger partial charge < -0.3 is 4.74 Å². The molecule has 0 amide bonds. The SMILES string of the molecule is CC1=CCCC1Oc1ccc2c(-c3cc(Cl)cc(Cl)c3)c(=O)ncn2n1. The minimum atomic E-state index is -0.367. The van der Waals surface area contributed by atoms with E-state index < -0.39 is 0 Å². The summed E-state index contributed by atoms with van der Waals surface area (Å²) in [5.41, 5.74) is 2.44. The number of fused-ring (bicyclic) bond motifs is 1. The highest BCUT2D eigenvalue weighted by molar-refractivity contribution is 6.35. The second kappa shape index (κ2) is 6.74. The predicted molar refractivity (Wildman–Crippen MR) is 102 cm³/mol. The predicted octanol–water partition coefficient (Wildman–Crippen LogP) is 4.55. The lowest BCUT2D eigenvalue weighted by Crippen LogP contribution is -2.17. The van der Waals surface area contributed by atoms with Crippen LogP contribution in [-0.4, -0.2) is 20.7 Å². The zero-order chi connectivity index (χ0) is 18.3. The zero-order valence-corrected chi connectivity index (χ0v) is 15.5. The molecule has 26 heavy (non-hydrogen) atoms. The average molecular weight is 388 g/mol. The van der Waals surface area contributed by atoms with Crippen LogP contribution < -0.4 is 10.3 Å². The highest BCUT2D eigenvalue weighted by atomic mass is 35.5. The Morgan fingerprint density at radius 3 is 2.65 bits per heavy atom. The molecular formula is C19H15Cl2N3O2. The number of rotatable bonds is 3. The number of halogens is 2. The molecule has 0 saturated heterocycles. The summed E-state index contributed by atoms with van der Waals surface area (Å²) in [4.78, 5) is 16.3. The second-order valence-corrected chi connectivity index (χ2v) is 7.09. The number of ether oxygens (including phenoxy) is 1. The van der Waals surface area contributed by atoms with Gasteiger partial charge in [-0.25, -0.2) is 4.52 Å². The molecule has 1 aliphatic carbocycles. The van der Waals surface area contributed by atoms with Gasteiger partial charge in [0.1, 0.15) is 12.4 Å². The highest BCUT2D eigenvalue weighted by Crippen LogP contribution is 2.28. The summed E-state index contributed by atoms with van der Waals surface area (Å²) in [6.07, 6.45) is 5.56. The Labute approximate surface area is 159 Å². The summed E-state index contributed by atoms with van der Waals surface area (Å²) < 4.78 is 7.50. The van der Waals surface area contributed by atoms with Gasteiger partial charge in [-0.15, -0.1) is 5.10 Å². The normalized spacial score (nSPS) is 16.7. The Morgan fingerprint density at radius 1 is 1.19 bits per heavy atom. The summed E-state index contributed by atoms with van der Waals surface area (Å²) in [7, 11) is 0. The number of nitrogens with zero attached hydrogens (tertiary/aromatic N) is 3. The average Bonchev–Trinajstić information content (AvgIpc) is 2.99. The number of aromatic nitrogens is 3. The molecular weight excluding hydrogens is 373 g/mol. The van der Waals surface area contributed by atoms with Gasteiger partial charge in [-0.05, 0) is 55.2 Å². The van der Waals surface area contributed by atoms with E-state index in [2.05, 4.69) is 23.1 Å². The van der Waals surface area contributed by atoms with E-state index in [-0.39, 0.29) is 11.7 Å². The van der Waals surface area contributed by atoms with Crippen molar-refractivity contribution in [2.45, 2.75) is 25.9 Å². The molecule has 4 rings (SSSR count). The van der Waals surface area contributed by atoms with Crippen molar-refractivity contribution in [1.29, 1.82) is 0 Å². The summed E-state index contributed by atoms with van der Waals surface area (Å²) in [6.45, 7) is 2.05. The van der Waals surface area contributed by atoms with Gasteiger partial charge in [-0.1, -0.05) is 29.3 Å². The first-order valence-corrected chi connectivity index (χ1v) is 8.95. The summed E-state index contributed by atoms with van der Waals surface area (Å²) >= 11 is 12.2. The van der Waals surface area contributed by atoms with Crippen LogP contribution in [0.4, 0.5) is 0 Å². The van der Waals surface area contributed by atoms with Gasteiger partial charge in [-0.3, -0.25) is 4.79 Å². The summed E-state index contributed by atoms with van der Waals surface area (Å²) in [6, 6.07) is 8.54. The van der Waals surface area contributed by atoms with Gasteiger partial charge in [-0.2, -0.15) is 4.98 Å².